The average molecular weight is 234 g/mol. The van der Waals surface area contributed by atoms with Crippen molar-refractivity contribution in [2.45, 2.75) is 31.8 Å². The maximum absolute atomic E-state index is 13.8. The zero-order valence-corrected chi connectivity index (χ0v) is 10.6. The van der Waals surface area contributed by atoms with Crippen LogP contribution in [-0.2, 0) is 0 Å². The van der Waals surface area contributed by atoms with Crippen molar-refractivity contribution in [2.24, 2.45) is 0 Å². The molecule has 1 saturated heterocycles. The zero-order valence-electron chi connectivity index (χ0n) is 10.6. The van der Waals surface area contributed by atoms with Crippen molar-refractivity contribution in [3.8, 4) is 0 Å². The molecule has 0 amide bonds. The van der Waals surface area contributed by atoms with Crippen molar-refractivity contribution < 1.29 is 4.39 Å². The second kappa shape index (κ2) is 4.06. The Hall–Kier alpha value is -1.51. The summed E-state index contributed by atoms with van der Waals surface area (Å²) in [7, 11) is 2.01. The van der Waals surface area contributed by atoms with Gasteiger partial charge in [0, 0.05) is 18.2 Å². The fourth-order valence-electron chi connectivity index (χ4n) is 2.30. The SMILES string of the molecule is C=C1NC(c2ccccc2F)CC(C)(C)N1C. The monoisotopic (exact) mass is 234 g/mol. The molecular formula is C14H19FN2. The molecule has 0 radical (unpaired) electrons. The molecule has 3 heteroatoms. The molecule has 0 bridgehead atoms. The predicted molar refractivity (Wildman–Crippen MR) is 67.9 cm³/mol. The Labute approximate surface area is 102 Å². The number of benzene rings is 1. The number of halogens is 1. The highest BCUT2D eigenvalue weighted by Gasteiger charge is 2.35. The lowest BCUT2D eigenvalue weighted by Gasteiger charge is -2.47. The number of nitrogens with one attached hydrogen (secondary N) is 1. The maximum Gasteiger partial charge on any atom is 0.128 e. The molecule has 1 aromatic rings. The minimum atomic E-state index is -0.154. The Morgan fingerprint density at radius 3 is 2.65 bits per heavy atom. The minimum Gasteiger partial charge on any atom is -0.365 e. The summed E-state index contributed by atoms with van der Waals surface area (Å²) in [4.78, 5) is 2.10. The van der Waals surface area contributed by atoms with Crippen LogP contribution in [0, 0.1) is 5.82 Å². The molecule has 17 heavy (non-hydrogen) atoms. The summed E-state index contributed by atoms with van der Waals surface area (Å²) >= 11 is 0. The molecule has 1 heterocycles. The third kappa shape index (κ3) is 2.14. The summed E-state index contributed by atoms with van der Waals surface area (Å²) in [5, 5.41) is 3.27. The van der Waals surface area contributed by atoms with E-state index in [-0.39, 0.29) is 17.4 Å². The third-order valence-electron chi connectivity index (χ3n) is 3.64. The van der Waals surface area contributed by atoms with Crippen molar-refractivity contribution in [1.82, 2.24) is 10.2 Å². The smallest absolute Gasteiger partial charge is 0.128 e. The van der Waals surface area contributed by atoms with Crippen LogP contribution in [0.2, 0.25) is 0 Å². The van der Waals surface area contributed by atoms with E-state index >= 15 is 0 Å². The maximum atomic E-state index is 13.8. The van der Waals surface area contributed by atoms with Crippen molar-refractivity contribution in [3.05, 3.63) is 48.0 Å². The molecule has 0 saturated carbocycles. The molecular weight excluding hydrogens is 215 g/mol. The zero-order chi connectivity index (χ0) is 12.6. The van der Waals surface area contributed by atoms with Gasteiger partial charge in [-0.15, -0.1) is 0 Å². The van der Waals surface area contributed by atoms with Gasteiger partial charge in [-0.2, -0.15) is 0 Å². The summed E-state index contributed by atoms with van der Waals surface area (Å²) in [5.41, 5.74) is 0.699. The fourth-order valence-corrected chi connectivity index (χ4v) is 2.30. The van der Waals surface area contributed by atoms with Crippen LogP contribution in [-0.4, -0.2) is 17.5 Å². The van der Waals surface area contributed by atoms with E-state index in [1.807, 2.05) is 19.2 Å². The Morgan fingerprint density at radius 2 is 2.06 bits per heavy atom. The van der Waals surface area contributed by atoms with Gasteiger partial charge in [0.15, 0.2) is 0 Å². The van der Waals surface area contributed by atoms with Gasteiger partial charge in [-0.1, -0.05) is 24.8 Å². The van der Waals surface area contributed by atoms with Crippen molar-refractivity contribution >= 4 is 0 Å². The van der Waals surface area contributed by atoms with E-state index in [1.54, 1.807) is 6.07 Å². The first-order valence-corrected chi connectivity index (χ1v) is 5.85. The topological polar surface area (TPSA) is 15.3 Å². The first-order valence-electron chi connectivity index (χ1n) is 5.85. The van der Waals surface area contributed by atoms with Crippen LogP contribution in [0.15, 0.2) is 36.7 Å². The standard InChI is InChI=1S/C14H19FN2/c1-10-16-13(9-14(2,3)17(10)4)11-7-5-6-8-12(11)15/h5-8,13,16H,1,9H2,2-4H3. The number of rotatable bonds is 1. The average Bonchev–Trinajstić information content (AvgIpc) is 2.26. The van der Waals surface area contributed by atoms with Gasteiger partial charge in [0.05, 0.1) is 11.9 Å². The van der Waals surface area contributed by atoms with Crippen LogP contribution in [0.5, 0.6) is 0 Å². The molecule has 1 aromatic carbocycles. The van der Waals surface area contributed by atoms with Gasteiger partial charge in [0.25, 0.3) is 0 Å². The Morgan fingerprint density at radius 1 is 1.41 bits per heavy atom. The van der Waals surface area contributed by atoms with E-state index in [1.165, 1.54) is 6.07 Å². The molecule has 2 rings (SSSR count). The van der Waals surface area contributed by atoms with E-state index in [9.17, 15) is 4.39 Å². The van der Waals surface area contributed by atoms with Gasteiger partial charge in [-0.3, -0.25) is 0 Å². The Balaban J connectivity index is 2.30. The lowest BCUT2D eigenvalue weighted by molar-refractivity contribution is 0.120. The molecule has 0 aliphatic carbocycles. The van der Waals surface area contributed by atoms with Crippen LogP contribution < -0.4 is 5.32 Å². The second-order valence-electron chi connectivity index (χ2n) is 5.24. The first kappa shape index (κ1) is 12.0. The van der Waals surface area contributed by atoms with E-state index in [4.69, 9.17) is 0 Å². The highest BCUT2D eigenvalue weighted by Crippen LogP contribution is 2.35. The van der Waals surface area contributed by atoms with Gasteiger partial charge in [0.2, 0.25) is 0 Å². The molecule has 1 atom stereocenters. The normalized spacial score (nSPS) is 23.4. The van der Waals surface area contributed by atoms with Crippen molar-refractivity contribution in [2.75, 3.05) is 7.05 Å². The van der Waals surface area contributed by atoms with Gasteiger partial charge in [-0.05, 0) is 26.3 Å². The summed E-state index contributed by atoms with van der Waals surface area (Å²) in [6.07, 6.45) is 0.851. The van der Waals surface area contributed by atoms with Crippen molar-refractivity contribution in [1.29, 1.82) is 0 Å². The summed E-state index contributed by atoms with van der Waals surface area (Å²) in [6, 6.07) is 6.92. The van der Waals surface area contributed by atoms with E-state index < -0.39 is 0 Å². The minimum absolute atomic E-state index is 0.00472. The van der Waals surface area contributed by atoms with Crippen LogP contribution in [0.3, 0.4) is 0 Å². The quantitative estimate of drug-likeness (QED) is 0.803. The van der Waals surface area contributed by atoms with Gasteiger partial charge in [0.1, 0.15) is 5.82 Å². The molecule has 1 fully saturated rings. The number of nitrogens with zero attached hydrogens (tertiary/aromatic N) is 1. The molecule has 1 aliphatic rings. The lowest BCUT2D eigenvalue weighted by Crippen LogP contribution is -2.51. The number of hydrogen-bond acceptors (Lipinski definition) is 2. The third-order valence-corrected chi connectivity index (χ3v) is 3.64. The summed E-state index contributed by atoms with van der Waals surface area (Å²) < 4.78 is 13.8. The summed E-state index contributed by atoms with van der Waals surface area (Å²) in [5.74, 6) is 0.688. The van der Waals surface area contributed by atoms with Crippen LogP contribution >= 0.6 is 0 Å². The predicted octanol–water partition coefficient (Wildman–Crippen LogP) is 3.04. The fraction of sp³-hybridized carbons (Fsp3) is 0.429. The second-order valence-corrected chi connectivity index (χ2v) is 5.24. The molecule has 1 unspecified atom stereocenters. The molecule has 2 nitrogen and oxygen atoms in total. The molecule has 92 valence electrons. The summed E-state index contributed by atoms with van der Waals surface area (Å²) in [6.45, 7) is 8.28. The Kier molecular flexibility index (Phi) is 2.86. The lowest BCUT2D eigenvalue weighted by atomic mass is 9.87. The molecule has 1 aliphatic heterocycles. The largest absolute Gasteiger partial charge is 0.365 e. The molecule has 1 N–H and O–H groups in total. The van der Waals surface area contributed by atoms with E-state index in [0.717, 1.165) is 17.8 Å². The van der Waals surface area contributed by atoms with Crippen LogP contribution in [0.4, 0.5) is 4.39 Å². The first-order chi connectivity index (χ1) is 7.92. The van der Waals surface area contributed by atoms with Gasteiger partial charge < -0.3 is 10.2 Å². The van der Waals surface area contributed by atoms with E-state index in [0.29, 0.717) is 0 Å². The highest BCUT2D eigenvalue weighted by molar-refractivity contribution is 5.24. The highest BCUT2D eigenvalue weighted by atomic mass is 19.1. The van der Waals surface area contributed by atoms with Gasteiger partial charge >= 0.3 is 0 Å². The molecule has 0 aromatic heterocycles. The van der Waals surface area contributed by atoms with Crippen LogP contribution in [0.1, 0.15) is 31.9 Å². The van der Waals surface area contributed by atoms with Crippen molar-refractivity contribution in [3.63, 3.8) is 0 Å². The number of hydrogen-bond donors (Lipinski definition) is 1. The molecule has 0 spiro atoms. The van der Waals surface area contributed by atoms with Crippen LogP contribution in [0.25, 0.3) is 0 Å². The Bertz CT molecular complexity index is 440. The van der Waals surface area contributed by atoms with Gasteiger partial charge in [-0.25, -0.2) is 4.39 Å². The van der Waals surface area contributed by atoms with E-state index in [2.05, 4.69) is 30.6 Å².